The number of allylic oxidation sites excluding steroid dienone is 1. The number of rotatable bonds is 1. The lowest BCUT2D eigenvalue weighted by molar-refractivity contribution is 0.124. The topological polar surface area (TPSA) is 9.23 Å². The van der Waals surface area contributed by atoms with E-state index in [1.807, 2.05) is 0 Å². The third-order valence-electron chi connectivity index (χ3n) is 7.61. The van der Waals surface area contributed by atoms with Crippen molar-refractivity contribution in [2.75, 3.05) is 6.61 Å². The molecule has 1 heteroatoms. The first kappa shape index (κ1) is 14.4. The van der Waals surface area contributed by atoms with Gasteiger partial charge in [-0.2, -0.15) is 0 Å². The van der Waals surface area contributed by atoms with Crippen molar-refractivity contribution in [3.05, 3.63) is 35.4 Å². The Hall–Kier alpha value is -1.24. The van der Waals surface area contributed by atoms with Crippen LogP contribution in [0.5, 0.6) is 5.75 Å². The molecule has 0 amide bonds. The first-order chi connectivity index (χ1) is 10.4. The molecule has 0 radical (unpaired) electrons. The summed E-state index contributed by atoms with van der Waals surface area (Å²) in [4.78, 5) is 0. The van der Waals surface area contributed by atoms with Crippen LogP contribution in [0.2, 0.25) is 0 Å². The fourth-order valence-electron chi connectivity index (χ4n) is 6.17. The van der Waals surface area contributed by atoms with Crippen molar-refractivity contribution in [3.63, 3.8) is 0 Å². The summed E-state index contributed by atoms with van der Waals surface area (Å²) in [5.74, 6) is 3.38. The third-order valence-corrected chi connectivity index (χ3v) is 7.61. The van der Waals surface area contributed by atoms with Gasteiger partial charge in [0.2, 0.25) is 0 Å². The highest BCUT2D eigenvalue weighted by atomic mass is 16.5. The highest BCUT2D eigenvalue weighted by molar-refractivity contribution is 5.77. The predicted molar refractivity (Wildman–Crippen MR) is 91.8 cm³/mol. The maximum absolute atomic E-state index is 5.97. The number of hydrogen-bond donors (Lipinski definition) is 0. The van der Waals surface area contributed by atoms with Crippen molar-refractivity contribution >= 4 is 5.57 Å². The van der Waals surface area contributed by atoms with E-state index in [0.717, 1.165) is 24.2 Å². The van der Waals surface area contributed by atoms with Gasteiger partial charge in [-0.3, -0.25) is 0 Å². The molecule has 1 aromatic carbocycles. The summed E-state index contributed by atoms with van der Waals surface area (Å²) in [6.45, 7) is 13.1. The smallest absolute Gasteiger partial charge is 0.127 e. The van der Waals surface area contributed by atoms with Gasteiger partial charge < -0.3 is 4.74 Å². The maximum Gasteiger partial charge on any atom is 0.127 e. The van der Waals surface area contributed by atoms with E-state index >= 15 is 0 Å². The number of benzene rings is 1. The average molecular weight is 296 g/mol. The van der Waals surface area contributed by atoms with Crippen molar-refractivity contribution < 1.29 is 4.74 Å². The van der Waals surface area contributed by atoms with Crippen LogP contribution in [0.1, 0.15) is 53.0 Å². The molecule has 0 aromatic heterocycles. The van der Waals surface area contributed by atoms with Crippen LogP contribution in [-0.4, -0.2) is 6.61 Å². The zero-order chi connectivity index (χ0) is 15.7. The molecule has 1 aromatic rings. The molecule has 2 unspecified atom stereocenters. The second-order valence-electron chi connectivity index (χ2n) is 8.60. The monoisotopic (exact) mass is 296 g/mol. The average Bonchev–Trinajstić information content (AvgIpc) is 2.79. The van der Waals surface area contributed by atoms with E-state index < -0.39 is 0 Å². The Labute approximate surface area is 134 Å². The Morgan fingerprint density at radius 3 is 2.55 bits per heavy atom. The Balaban J connectivity index is 1.89. The van der Waals surface area contributed by atoms with Crippen LogP contribution in [-0.2, 0) is 0 Å². The van der Waals surface area contributed by atoms with Crippen molar-refractivity contribution in [2.24, 2.45) is 28.6 Å². The van der Waals surface area contributed by atoms with Gasteiger partial charge in [0.05, 0.1) is 0 Å². The quantitative estimate of drug-likeness (QED) is 0.659. The standard InChI is InChI=1S/C21H28O/c1-13-12-22-17-9-7-6-8-15(17)18(13)19-14(2)16-10-11-21(19,5)20(16,3)4/h6-9,14,16,19H,10-12H2,1-5H3/t14?,16-,19?,21+/m1/s1. The van der Waals surface area contributed by atoms with Crippen molar-refractivity contribution in [2.45, 2.75) is 47.5 Å². The fourth-order valence-corrected chi connectivity index (χ4v) is 6.17. The molecule has 118 valence electrons. The van der Waals surface area contributed by atoms with E-state index in [1.54, 1.807) is 5.57 Å². The Bertz CT molecular complexity index is 654. The van der Waals surface area contributed by atoms with E-state index in [9.17, 15) is 0 Å². The summed E-state index contributed by atoms with van der Waals surface area (Å²) >= 11 is 0. The zero-order valence-electron chi connectivity index (χ0n) is 14.6. The highest BCUT2D eigenvalue weighted by Crippen LogP contribution is 2.73. The minimum atomic E-state index is 0.415. The molecule has 0 spiro atoms. The molecule has 0 N–H and O–H groups in total. The van der Waals surface area contributed by atoms with Crippen LogP contribution in [0.4, 0.5) is 0 Å². The highest BCUT2D eigenvalue weighted by Gasteiger charge is 2.65. The Morgan fingerprint density at radius 1 is 1.14 bits per heavy atom. The van der Waals surface area contributed by atoms with Gasteiger partial charge in [-0.05, 0) is 65.6 Å². The Morgan fingerprint density at radius 2 is 1.86 bits per heavy atom. The summed E-state index contributed by atoms with van der Waals surface area (Å²) in [7, 11) is 0. The maximum atomic E-state index is 5.97. The SMILES string of the molecule is CC1=C(C2C(C)[C@H]3CC[C@]2(C)C3(C)C)c2ccccc2OC1. The molecule has 4 atom stereocenters. The van der Waals surface area contributed by atoms with Crippen LogP contribution in [0, 0.1) is 28.6 Å². The van der Waals surface area contributed by atoms with E-state index in [4.69, 9.17) is 4.74 Å². The second-order valence-corrected chi connectivity index (χ2v) is 8.60. The first-order valence-corrected chi connectivity index (χ1v) is 8.80. The van der Waals surface area contributed by atoms with E-state index in [1.165, 1.54) is 24.0 Å². The summed E-state index contributed by atoms with van der Waals surface area (Å²) in [5.41, 5.74) is 5.26. The summed E-state index contributed by atoms with van der Waals surface area (Å²) in [6, 6.07) is 8.65. The zero-order valence-corrected chi connectivity index (χ0v) is 14.6. The van der Waals surface area contributed by atoms with Crippen molar-refractivity contribution in [1.82, 2.24) is 0 Å². The van der Waals surface area contributed by atoms with E-state index in [0.29, 0.717) is 16.7 Å². The van der Waals surface area contributed by atoms with Crippen LogP contribution >= 0.6 is 0 Å². The number of ether oxygens (including phenoxy) is 1. The Kier molecular flexibility index (Phi) is 2.87. The van der Waals surface area contributed by atoms with Gasteiger partial charge in [-0.15, -0.1) is 0 Å². The van der Waals surface area contributed by atoms with Gasteiger partial charge >= 0.3 is 0 Å². The van der Waals surface area contributed by atoms with Crippen LogP contribution in [0.25, 0.3) is 5.57 Å². The largest absolute Gasteiger partial charge is 0.489 e. The lowest BCUT2D eigenvalue weighted by Gasteiger charge is -2.43. The molecule has 2 fully saturated rings. The van der Waals surface area contributed by atoms with Crippen LogP contribution < -0.4 is 4.74 Å². The van der Waals surface area contributed by atoms with Gasteiger partial charge in [0.25, 0.3) is 0 Å². The summed E-state index contributed by atoms with van der Waals surface area (Å²) in [5, 5.41) is 0. The predicted octanol–water partition coefficient (Wildman–Crippen LogP) is 5.56. The van der Waals surface area contributed by atoms with Gasteiger partial charge in [-0.1, -0.05) is 45.9 Å². The van der Waals surface area contributed by atoms with Crippen LogP contribution in [0.3, 0.4) is 0 Å². The van der Waals surface area contributed by atoms with Gasteiger partial charge in [0.15, 0.2) is 0 Å². The lowest BCUT2D eigenvalue weighted by atomic mass is 9.62. The molecule has 4 rings (SSSR count). The molecule has 0 saturated heterocycles. The number of hydrogen-bond acceptors (Lipinski definition) is 1. The molecule has 22 heavy (non-hydrogen) atoms. The molecule has 2 aliphatic carbocycles. The molecule has 2 saturated carbocycles. The molecular formula is C21H28O. The molecule has 2 bridgehead atoms. The van der Waals surface area contributed by atoms with Gasteiger partial charge in [-0.25, -0.2) is 0 Å². The van der Waals surface area contributed by atoms with E-state index in [-0.39, 0.29) is 0 Å². The molecule has 1 nitrogen and oxygen atoms in total. The minimum Gasteiger partial charge on any atom is -0.489 e. The van der Waals surface area contributed by atoms with E-state index in [2.05, 4.69) is 58.9 Å². The van der Waals surface area contributed by atoms with Crippen molar-refractivity contribution in [1.29, 1.82) is 0 Å². The number of fused-ring (bicyclic) bond motifs is 3. The molecule has 1 heterocycles. The molecule has 1 aliphatic heterocycles. The first-order valence-electron chi connectivity index (χ1n) is 8.80. The lowest BCUT2D eigenvalue weighted by Crippen LogP contribution is -2.35. The van der Waals surface area contributed by atoms with Crippen molar-refractivity contribution in [3.8, 4) is 5.75 Å². The normalized spacial score (nSPS) is 38.9. The molecular weight excluding hydrogens is 268 g/mol. The summed E-state index contributed by atoms with van der Waals surface area (Å²) in [6.07, 6.45) is 2.78. The summed E-state index contributed by atoms with van der Waals surface area (Å²) < 4.78 is 5.97. The minimum absolute atomic E-state index is 0.415. The van der Waals surface area contributed by atoms with Gasteiger partial charge in [0.1, 0.15) is 12.4 Å². The fraction of sp³-hybridized carbons (Fsp3) is 0.619. The van der Waals surface area contributed by atoms with Gasteiger partial charge in [0, 0.05) is 5.56 Å². The second kappa shape index (κ2) is 4.40. The van der Waals surface area contributed by atoms with Crippen LogP contribution in [0.15, 0.2) is 29.8 Å². The molecule has 3 aliphatic rings. The third kappa shape index (κ3) is 1.55. The number of para-hydroxylation sites is 1.